The second kappa shape index (κ2) is 16.9. The highest BCUT2D eigenvalue weighted by Gasteiger charge is 2.32. The van der Waals surface area contributed by atoms with Crippen LogP contribution < -0.4 is 5.32 Å². The van der Waals surface area contributed by atoms with Gasteiger partial charge in [-0.25, -0.2) is 0 Å². The first kappa shape index (κ1) is 33.1. The summed E-state index contributed by atoms with van der Waals surface area (Å²) in [6, 6.07) is 24.2. The van der Waals surface area contributed by atoms with Crippen molar-refractivity contribution in [3.05, 3.63) is 108 Å². The molecule has 0 bridgehead atoms. The van der Waals surface area contributed by atoms with E-state index in [1.54, 1.807) is 0 Å². The molecule has 0 aliphatic carbocycles. The van der Waals surface area contributed by atoms with Gasteiger partial charge in [-0.2, -0.15) is 0 Å². The predicted octanol–water partition coefficient (Wildman–Crippen LogP) is 6.16. The number of aliphatic hydroxyl groups is 1. The molecule has 0 spiro atoms. The number of likely N-dealkylation sites (N-methyl/N-ethyl adjacent to an activating group) is 1. The molecule has 8 heteroatoms. The minimum Gasteiger partial charge on any atom is -0.481 e. The van der Waals surface area contributed by atoms with Gasteiger partial charge in [-0.05, 0) is 59.8 Å². The first-order valence-electron chi connectivity index (χ1n) is 15.3. The summed E-state index contributed by atoms with van der Waals surface area (Å²) in [7, 11) is 2.05. The maximum Gasteiger partial charge on any atom is 0.303 e. The van der Waals surface area contributed by atoms with Gasteiger partial charge in [0.05, 0.1) is 18.8 Å². The molecule has 4 rings (SSSR count). The van der Waals surface area contributed by atoms with E-state index in [0.29, 0.717) is 32.2 Å². The summed E-state index contributed by atoms with van der Waals surface area (Å²) in [4.78, 5) is 25.1. The minimum atomic E-state index is -0.802. The molecule has 0 unspecified atom stereocenters. The number of hydrogen-bond donors (Lipinski definition) is 3. The standard InChI is InChI=1S/C36H44N2O6/c1-3-19-38(2)24-32-22-33(28-17-15-26(25-39)16-18-28)44-36(43-32)31-12-8-11-30(21-31)29-10-7-9-27(20-29)23-37-34(40)13-5-4-6-14-35(41)42/h3,7-12,15-18,20-21,32-33,36,39H,1,4-6,13-14,19,22-25H2,2H3,(H,37,40)(H,41,42)/t32-,33+,36+/m0/s1. The third kappa shape index (κ3) is 10.1. The molecule has 44 heavy (non-hydrogen) atoms. The molecule has 1 aliphatic heterocycles. The van der Waals surface area contributed by atoms with Gasteiger partial charge in [-0.1, -0.05) is 73.2 Å². The van der Waals surface area contributed by atoms with Gasteiger partial charge in [0, 0.05) is 44.5 Å². The van der Waals surface area contributed by atoms with Crippen LogP contribution in [-0.2, 0) is 32.2 Å². The normalized spacial score (nSPS) is 18.2. The van der Waals surface area contributed by atoms with Gasteiger partial charge in [0.2, 0.25) is 5.91 Å². The largest absolute Gasteiger partial charge is 0.481 e. The zero-order valence-electron chi connectivity index (χ0n) is 25.5. The Morgan fingerprint density at radius 1 is 0.932 bits per heavy atom. The van der Waals surface area contributed by atoms with Crippen molar-refractivity contribution in [3.8, 4) is 11.1 Å². The van der Waals surface area contributed by atoms with E-state index in [1.807, 2.05) is 60.7 Å². The number of carboxylic acids is 1. The van der Waals surface area contributed by atoms with Crippen LogP contribution in [-0.4, -0.2) is 53.2 Å². The summed E-state index contributed by atoms with van der Waals surface area (Å²) in [5.41, 5.74) is 5.89. The van der Waals surface area contributed by atoms with E-state index >= 15 is 0 Å². The van der Waals surface area contributed by atoms with Crippen LogP contribution in [0.2, 0.25) is 0 Å². The van der Waals surface area contributed by atoms with Crippen molar-refractivity contribution >= 4 is 11.9 Å². The number of nitrogens with zero attached hydrogens (tertiary/aromatic N) is 1. The number of carbonyl (C=O) groups excluding carboxylic acids is 1. The van der Waals surface area contributed by atoms with Crippen LogP contribution >= 0.6 is 0 Å². The van der Waals surface area contributed by atoms with E-state index in [9.17, 15) is 14.7 Å². The highest BCUT2D eigenvalue weighted by molar-refractivity contribution is 5.76. The zero-order chi connectivity index (χ0) is 31.3. The van der Waals surface area contributed by atoms with Crippen LogP contribution in [0.1, 0.15) is 73.2 Å². The molecule has 0 radical (unpaired) electrons. The summed E-state index contributed by atoms with van der Waals surface area (Å²) in [5.74, 6) is -0.836. The number of hydrogen-bond acceptors (Lipinski definition) is 6. The lowest BCUT2D eigenvalue weighted by molar-refractivity contribution is -0.252. The molecule has 0 saturated carbocycles. The Labute approximate surface area is 260 Å². The van der Waals surface area contributed by atoms with Crippen molar-refractivity contribution in [2.24, 2.45) is 0 Å². The molecule has 234 valence electrons. The maximum absolute atomic E-state index is 12.3. The third-order valence-electron chi connectivity index (χ3n) is 7.77. The van der Waals surface area contributed by atoms with E-state index in [4.69, 9.17) is 14.6 Å². The zero-order valence-corrected chi connectivity index (χ0v) is 25.5. The predicted molar refractivity (Wildman–Crippen MR) is 171 cm³/mol. The van der Waals surface area contributed by atoms with Gasteiger partial charge >= 0.3 is 5.97 Å². The molecule has 1 fully saturated rings. The van der Waals surface area contributed by atoms with Crippen molar-refractivity contribution in [1.82, 2.24) is 10.2 Å². The number of aliphatic carboxylic acids is 1. The number of rotatable bonds is 16. The van der Waals surface area contributed by atoms with Gasteiger partial charge in [-0.3, -0.25) is 9.59 Å². The molecule has 3 N–H and O–H groups in total. The molecule has 8 nitrogen and oxygen atoms in total. The van der Waals surface area contributed by atoms with Crippen LogP contribution in [0, 0.1) is 0 Å². The highest BCUT2D eigenvalue weighted by atomic mass is 16.7. The van der Waals surface area contributed by atoms with Crippen molar-refractivity contribution in [1.29, 1.82) is 0 Å². The number of ether oxygens (including phenoxy) is 2. The van der Waals surface area contributed by atoms with Gasteiger partial charge in [0.25, 0.3) is 0 Å². The first-order valence-corrected chi connectivity index (χ1v) is 15.3. The fourth-order valence-corrected chi connectivity index (χ4v) is 5.43. The number of benzene rings is 3. The Morgan fingerprint density at radius 3 is 2.39 bits per heavy atom. The Morgan fingerprint density at radius 2 is 1.66 bits per heavy atom. The highest BCUT2D eigenvalue weighted by Crippen LogP contribution is 2.39. The van der Waals surface area contributed by atoms with Crippen LogP contribution in [0.15, 0.2) is 85.5 Å². The van der Waals surface area contributed by atoms with Crippen LogP contribution in [0.25, 0.3) is 11.1 Å². The number of unbranched alkanes of at least 4 members (excludes halogenated alkanes) is 2. The van der Waals surface area contributed by atoms with E-state index in [2.05, 4.69) is 42.0 Å². The topological polar surface area (TPSA) is 108 Å². The number of carboxylic acid groups (broad SMARTS) is 1. The summed E-state index contributed by atoms with van der Waals surface area (Å²) in [5, 5.41) is 21.2. The molecular weight excluding hydrogens is 556 g/mol. The number of carbonyl (C=O) groups is 2. The van der Waals surface area contributed by atoms with Gasteiger partial charge < -0.3 is 29.9 Å². The number of nitrogens with one attached hydrogen (secondary N) is 1. The van der Waals surface area contributed by atoms with Crippen LogP contribution in [0.5, 0.6) is 0 Å². The van der Waals surface area contributed by atoms with E-state index in [1.165, 1.54) is 0 Å². The van der Waals surface area contributed by atoms with Gasteiger partial charge in [0.15, 0.2) is 6.29 Å². The monoisotopic (exact) mass is 600 g/mol. The van der Waals surface area contributed by atoms with E-state index in [-0.39, 0.29) is 31.1 Å². The molecule has 1 heterocycles. The van der Waals surface area contributed by atoms with Crippen LogP contribution in [0.4, 0.5) is 0 Å². The smallest absolute Gasteiger partial charge is 0.303 e. The number of aliphatic hydroxyl groups excluding tert-OH is 1. The number of amides is 1. The molecule has 3 atom stereocenters. The average Bonchev–Trinajstić information content (AvgIpc) is 3.03. The molecule has 1 saturated heterocycles. The fourth-order valence-electron chi connectivity index (χ4n) is 5.43. The first-order chi connectivity index (χ1) is 21.3. The van der Waals surface area contributed by atoms with Gasteiger partial charge in [0.1, 0.15) is 0 Å². The minimum absolute atomic E-state index is 0.00303. The lowest BCUT2D eigenvalue weighted by atomic mass is 9.98. The Balaban J connectivity index is 1.44. The van der Waals surface area contributed by atoms with E-state index in [0.717, 1.165) is 52.9 Å². The van der Waals surface area contributed by atoms with E-state index < -0.39 is 12.3 Å². The van der Waals surface area contributed by atoms with Gasteiger partial charge in [-0.15, -0.1) is 6.58 Å². The molecule has 1 aliphatic rings. The Kier molecular flexibility index (Phi) is 12.7. The summed E-state index contributed by atoms with van der Waals surface area (Å²) in [6.45, 7) is 5.79. The van der Waals surface area contributed by atoms with Crippen molar-refractivity contribution in [2.45, 2.75) is 70.2 Å². The average molecular weight is 601 g/mol. The molecule has 3 aromatic carbocycles. The Hall–Kier alpha value is -3.82. The third-order valence-corrected chi connectivity index (χ3v) is 7.77. The SMILES string of the molecule is C=CCN(C)C[C@@H]1C[C@H](c2ccc(CO)cc2)O[C@H](c2cccc(-c3cccc(CNC(=O)CCCCCC(=O)O)c3)c2)O1. The Bertz CT molecular complexity index is 1380. The quantitative estimate of drug-likeness (QED) is 0.134. The maximum atomic E-state index is 12.3. The lowest BCUT2D eigenvalue weighted by Crippen LogP contribution is -2.37. The molecule has 0 aromatic heterocycles. The summed E-state index contributed by atoms with van der Waals surface area (Å²) < 4.78 is 13.1. The fraction of sp³-hybridized carbons (Fsp3) is 0.389. The molecule has 3 aromatic rings. The van der Waals surface area contributed by atoms with Crippen molar-refractivity contribution in [3.63, 3.8) is 0 Å². The lowest BCUT2D eigenvalue weighted by Gasteiger charge is -2.37. The molecular formula is C36H44N2O6. The second-order valence-corrected chi connectivity index (χ2v) is 11.4. The van der Waals surface area contributed by atoms with Crippen molar-refractivity contribution < 1.29 is 29.3 Å². The second-order valence-electron chi connectivity index (χ2n) is 11.4. The molecule has 1 amide bonds. The summed E-state index contributed by atoms with van der Waals surface area (Å²) >= 11 is 0. The van der Waals surface area contributed by atoms with Crippen molar-refractivity contribution in [2.75, 3.05) is 20.1 Å². The summed E-state index contributed by atoms with van der Waals surface area (Å²) in [6.07, 6.45) is 4.37. The van der Waals surface area contributed by atoms with Crippen LogP contribution in [0.3, 0.4) is 0 Å².